The fraction of sp³-hybridized carbons (Fsp3) is 0.115. The summed E-state index contributed by atoms with van der Waals surface area (Å²) in [4.78, 5) is 2.52. The van der Waals surface area contributed by atoms with Gasteiger partial charge >= 0.3 is 0 Å². The molecular formula is C52H41NS. The molecule has 0 spiro atoms. The molecule has 0 amide bonds. The first-order chi connectivity index (χ1) is 26.8. The lowest BCUT2D eigenvalue weighted by atomic mass is 9.83. The summed E-state index contributed by atoms with van der Waals surface area (Å²) in [5.74, 6) is 0.599. The summed E-state index contributed by atoms with van der Waals surface area (Å²) in [7, 11) is 0. The van der Waals surface area contributed by atoms with Crippen molar-refractivity contribution >= 4 is 59.3 Å². The molecule has 0 unspecified atom stereocenters. The highest BCUT2D eigenvalue weighted by Crippen LogP contribution is 2.46. The van der Waals surface area contributed by atoms with E-state index in [4.69, 9.17) is 0 Å². The molecule has 260 valence electrons. The van der Waals surface area contributed by atoms with E-state index in [9.17, 15) is 0 Å². The Morgan fingerprint density at radius 3 is 1.76 bits per heavy atom. The minimum atomic E-state index is 0.599. The van der Waals surface area contributed by atoms with E-state index >= 15 is 0 Å². The predicted molar refractivity (Wildman–Crippen MR) is 234 cm³/mol. The molecule has 0 saturated heterocycles. The maximum absolute atomic E-state index is 2.52. The van der Waals surface area contributed by atoms with Crippen LogP contribution in [0.25, 0.3) is 64.3 Å². The van der Waals surface area contributed by atoms with Gasteiger partial charge in [-0.3, -0.25) is 0 Å². The first-order valence-electron chi connectivity index (χ1n) is 19.4. The third kappa shape index (κ3) is 5.97. The Bertz CT molecular complexity index is 2680. The maximum Gasteiger partial charge on any atom is 0.0542 e. The highest BCUT2D eigenvalue weighted by Gasteiger charge is 2.22. The lowest BCUT2D eigenvalue weighted by Gasteiger charge is -2.30. The van der Waals surface area contributed by atoms with Crippen molar-refractivity contribution in [1.29, 1.82) is 0 Å². The van der Waals surface area contributed by atoms with Gasteiger partial charge in [0.1, 0.15) is 0 Å². The third-order valence-corrected chi connectivity index (χ3v) is 12.6. The van der Waals surface area contributed by atoms with Crippen LogP contribution in [-0.4, -0.2) is 0 Å². The van der Waals surface area contributed by atoms with Crippen LogP contribution < -0.4 is 4.90 Å². The largest absolute Gasteiger partial charge is 0.310 e. The molecule has 0 N–H and O–H groups in total. The van der Waals surface area contributed by atoms with E-state index in [0.29, 0.717) is 5.92 Å². The molecule has 1 aliphatic carbocycles. The molecule has 0 aliphatic heterocycles. The van der Waals surface area contributed by atoms with E-state index < -0.39 is 0 Å². The molecule has 0 radical (unpaired) electrons. The Kier molecular flexibility index (Phi) is 8.54. The second kappa shape index (κ2) is 14.1. The normalized spacial score (nSPS) is 13.5. The monoisotopic (exact) mass is 711 g/mol. The van der Waals surface area contributed by atoms with Crippen LogP contribution in [0.3, 0.4) is 0 Å². The van der Waals surface area contributed by atoms with Crippen LogP contribution in [-0.2, 0) is 0 Å². The molecule has 1 fully saturated rings. The number of benzene rings is 8. The van der Waals surface area contributed by atoms with Crippen molar-refractivity contribution in [2.45, 2.75) is 38.0 Å². The Balaban J connectivity index is 1.17. The average Bonchev–Trinajstić information content (AvgIpc) is 3.63. The van der Waals surface area contributed by atoms with Crippen LogP contribution >= 0.6 is 11.3 Å². The molecule has 1 saturated carbocycles. The lowest BCUT2D eigenvalue weighted by molar-refractivity contribution is 0.444. The first kappa shape index (κ1) is 32.7. The average molecular weight is 712 g/mol. The molecule has 1 nitrogen and oxygen atoms in total. The minimum Gasteiger partial charge on any atom is -0.310 e. The highest BCUT2D eigenvalue weighted by atomic mass is 32.1. The Morgan fingerprint density at radius 1 is 0.426 bits per heavy atom. The van der Waals surface area contributed by atoms with Gasteiger partial charge in [-0.15, -0.1) is 11.3 Å². The van der Waals surface area contributed by atoms with E-state index in [-0.39, 0.29) is 0 Å². The number of hydrogen-bond acceptors (Lipinski definition) is 2. The second-order valence-electron chi connectivity index (χ2n) is 14.7. The number of rotatable bonds is 7. The van der Waals surface area contributed by atoms with Gasteiger partial charge in [-0.2, -0.15) is 0 Å². The fourth-order valence-corrected chi connectivity index (χ4v) is 9.95. The van der Waals surface area contributed by atoms with Crippen LogP contribution in [0, 0.1) is 0 Å². The van der Waals surface area contributed by atoms with Gasteiger partial charge in [-0.25, -0.2) is 0 Å². The Hall–Kier alpha value is -5.96. The number of hydrogen-bond donors (Lipinski definition) is 0. The molecule has 54 heavy (non-hydrogen) atoms. The Labute approximate surface area is 321 Å². The van der Waals surface area contributed by atoms with Gasteiger partial charge in [0.15, 0.2) is 0 Å². The summed E-state index contributed by atoms with van der Waals surface area (Å²) in [5, 5.41) is 5.24. The van der Waals surface area contributed by atoms with Crippen LogP contribution in [0.4, 0.5) is 17.1 Å². The summed E-state index contributed by atoms with van der Waals surface area (Å²) < 4.78 is 2.64. The molecule has 0 bridgehead atoms. The van der Waals surface area contributed by atoms with Gasteiger partial charge in [0.05, 0.1) is 5.69 Å². The first-order valence-corrected chi connectivity index (χ1v) is 20.2. The zero-order valence-electron chi connectivity index (χ0n) is 30.3. The standard InChI is InChI=1S/C52H41NS/c1-4-15-36(16-5-1)41-33-40-21-10-11-22-44(40)49(34-41)53(43-31-32-48-47-23-12-13-26-50(47)54-51(48)35-43)42-29-27-39(28-30-42)52-45(37-17-6-2-7-18-37)24-14-25-46(52)38-19-8-3-9-20-38/h2-3,6-14,17-36H,1,4-5,15-16H2. The predicted octanol–water partition coefficient (Wildman–Crippen LogP) is 15.7. The Morgan fingerprint density at radius 2 is 1.04 bits per heavy atom. The minimum absolute atomic E-state index is 0.599. The quantitative estimate of drug-likeness (QED) is 0.159. The van der Waals surface area contributed by atoms with Crippen molar-refractivity contribution in [2.24, 2.45) is 0 Å². The van der Waals surface area contributed by atoms with Crippen LogP contribution in [0.1, 0.15) is 43.6 Å². The van der Waals surface area contributed by atoms with Crippen molar-refractivity contribution in [3.63, 3.8) is 0 Å². The van der Waals surface area contributed by atoms with Crippen LogP contribution in [0.5, 0.6) is 0 Å². The number of anilines is 3. The number of fused-ring (bicyclic) bond motifs is 4. The van der Waals surface area contributed by atoms with Gasteiger partial charge in [0.2, 0.25) is 0 Å². The van der Waals surface area contributed by atoms with Crippen molar-refractivity contribution in [2.75, 3.05) is 4.90 Å². The van der Waals surface area contributed by atoms with Crippen LogP contribution in [0.2, 0.25) is 0 Å². The van der Waals surface area contributed by atoms with Gasteiger partial charge < -0.3 is 4.90 Å². The molecule has 2 heteroatoms. The zero-order chi connectivity index (χ0) is 35.8. The van der Waals surface area contributed by atoms with E-state index in [1.54, 1.807) is 0 Å². The molecule has 0 atom stereocenters. The highest BCUT2D eigenvalue weighted by molar-refractivity contribution is 7.25. The van der Waals surface area contributed by atoms with Gasteiger partial charge in [-0.1, -0.05) is 165 Å². The van der Waals surface area contributed by atoms with E-state index in [1.807, 2.05) is 11.3 Å². The van der Waals surface area contributed by atoms with Crippen LogP contribution in [0.15, 0.2) is 182 Å². The SMILES string of the molecule is c1ccc(-c2cccc(-c3ccccc3)c2-c2ccc(N(c3ccc4c(c3)sc3ccccc34)c3cc(C4CCCCC4)cc4ccccc34)cc2)cc1. The second-order valence-corrected chi connectivity index (χ2v) is 15.8. The van der Waals surface area contributed by atoms with Crippen molar-refractivity contribution < 1.29 is 0 Å². The van der Waals surface area contributed by atoms with Gasteiger partial charge in [-0.05, 0) is 99.5 Å². The molecule has 9 aromatic rings. The summed E-state index contributed by atoms with van der Waals surface area (Å²) in [6.07, 6.45) is 6.52. The molecule has 1 aromatic heterocycles. The molecule has 1 aliphatic rings. The summed E-state index contributed by atoms with van der Waals surface area (Å²) in [6.45, 7) is 0. The van der Waals surface area contributed by atoms with Crippen molar-refractivity contribution in [1.82, 2.24) is 0 Å². The van der Waals surface area contributed by atoms with E-state index in [2.05, 4.69) is 187 Å². The third-order valence-electron chi connectivity index (χ3n) is 11.4. The molecule has 10 rings (SSSR count). The van der Waals surface area contributed by atoms with Gasteiger partial charge in [0.25, 0.3) is 0 Å². The van der Waals surface area contributed by atoms with E-state index in [0.717, 1.165) is 5.69 Å². The molecular weight excluding hydrogens is 671 g/mol. The maximum atomic E-state index is 2.52. The van der Waals surface area contributed by atoms with E-state index in [1.165, 1.54) is 113 Å². The lowest BCUT2D eigenvalue weighted by Crippen LogP contribution is -2.12. The van der Waals surface area contributed by atoms with Crippen molar-refractivity contribution in [3.05, 3.63) is 188 Å². The number of nitrogens with zero attached hydrogens (tertiary/aromatic N) is 1. The summed E-state index contributed by atoms with van der Waals surface area (Å²) in [6, 6.07) is 67.5. The fourth-order valence-electron chi connectivity index (χ4n) is 8.81. The number of thiophene rings is 1. The van der Waals surface area contributed by atoms with Crippen molar-refractivity contribution in [3.8, 4) is 33.4 Å². The summed E-state index contributed by atoms with van der Waals surface area (Å²) >= 11 is 1.89. The smallest absolute Gasteiger partial charge is 0.0542 e. The molecule has 8 aromatic carbocycles. The topological polar surface area (TPSA) is 3.24 Å². The zero-order valence-corrected chi connectivity index (χ0v) is 31.1. The molecule has 1 heterocycles. The summed E-state index contributed by atoms with van der Waals surface area (Å²) in [5.41, 5.74) is 12.4. The van der Waals surface area contributed by atoms with Gasteiger partial charge in [0, 0.05) is 36.9 Å².